The van der Waals surface area contributed by atoms with Crippen molar-refractivity contribution in [1.82, 2.24) is 4.90 Å². The van der Waals surface area contributed by atoms with Crippen molar-refractivity contribution in [3.8, 4) is 0 Å². The van der Waals surface area contributed by atoms with E-state index in [2.05, 4.69) is 11.8 Å². The van der Waals surface area contributed by atoms with Crippen LogP contribution in [0.25, 0.3) is 0 Å². The van der Waals surface area contributed by atoms with Crippen molar-refractivity contribution in [2.75, 3.05) is 13.1 Å². The van der Waals surface area contributed by atoms with Gasteiger partial charge >= 0.3 is 0 Å². The number of carbonyl (C=O) groups excluding carboxylic acids is 1. The second-order valence-corrected chi connectivity index (χ2v) is 7.02. The fraction of sp³-hybridized carbons (Fsp3) is 0.933. The van der Waals surface area contributed by atoms with Gasteiger partial charge in [0.1, 0.15) is 0 Å². The minimum absolute atomic E-state index is 0.253. The van der Waals surface area contributed by atoms with Gasteiger partial charge in [-0.25, -0.2) is 0 Å². The molecule has 3 aliphatic rings. The van der Waals surface area contributed by atoms with Gasteiger partial charge in [0.05, 0.1) is 5.54 Å². The molecule has 0 aromatic carbocycles. The highest BCUT2D eigenvalue weighted by molar-refractivity contribution is 5.86. The van der Waals surface area contributed by atoms with E-state index in [1.165, 1.54) is 25.7 Å². The maximum absolute atomic E-state index is 12.7. The van der Waals surface area contributed by atoms with Crippen LogP contribution >= 0.6 is 0 Å². The molecular formula is C15H26N2O. The second kappa shape index (κ2) is 4.52. The summed E-state index contributed by atoms with van der Waals surface area (Å²) < 4.78 is 0. The highest BCUT2D eigenvalue weighted by atomic mass is 16.2. The Labute approximate surface area is 110 Å². The molecular weight excluding hydrogens is 224 g/mol. The molecule has 3 fully saturated rings. The molecule has 4 atom stereocenters. The standard InChI is InChI=1S/C15H26N2O/c1-11-4-3-7-15(16,8-11)14(18)17-9-12-5-2-6-13(12)10-17/h11-13H,2-10,16H2,1H3. The van der Waals surface area contributed by atoms with E-state index in [1.54, 1.807) is 0 Å². The van der Waals surface area contributed by atoms with Gasteiger partial charge in [-0.05, 0) is 43.4 Å². The third-order valence-corrected chi connectivity index (χ3v) is 5.47. The van der Waals surface area contributed by atoms with Crippen LogP contribution in [-0.2, 0) is 4.79 Å². The number of rotatable bonds is 1. The first kappa shape index (κ1) is 12.5. The fourth-order valence-corrected chi connectivity index (χ4v) is 4.50. The van der Waals surface area contributed by atoms with Gasteiger partial charge in [0, 0.05) is 13.1 Å². The maximum Gasteiger partial charge on any atom is 0.242 e. The molecule has 3 heteroatoms. The molecule has 4 unspecified atom stereocenters. The number of nitrogens with two attached hydrogens (primary N) is 1. The topological polar surface area (TPSA) is 46.3 Å². The Bertz CT molecular complexity index is 331. The number of likely N-dealkylation sites (tertiary alicyclic amines) is 1. The van der Waals surface area contributed by atoms with Crippen LogP contribution in [0, 0.1) is 17.8 Å². The quantitative estimate of drug-likeness (QED) is 0.775. The van der Waals surface area contributed by atoms with Gasteiger partial charge < -0.3 is 10.6 Å². The average Bonchev–Trinajstić information content (AvgIpc) is 2.87. The Morgan fingerprint density at radius 2 is 1.83 bits per heavy atom. The predicted octanol–water partition coefficient (Wildman–Crippen LogP) is 2.15. The summed E-state index contributed by atoms with van der Waals surface area (Å²) in [6.07, 6.45) is 8.13. The molecule has 0 radical (unpaired) electrons. The lowest BCUT2D eigenvalue weighted by atomic mass is 9.76. The van der Waals surface area contributed by atoms with E-state index in [9.17, 15) is 4.79 Å². The Balaban J connectivity index is 1.67. The Morgan fingerprint density at radius 1 is 1.17 bits per heavy atom. The molecule has 0 bridgehead atoms. The van der Waals surface area contributed by atoms with Crippen LogP contribution in [0.5, 0.6) is 0 Å². The minimum Gasteiger partial charge on any atom is -0.341 e. The van der Waals surface area contributed by atoms with Crippen LogP contribution < -0.4 is 5.73 Å². The summed E-state index contributed by atoms with van der Waals surface area (Å²) in [5, 5.41) is 0. The predicted molar refractivity (Wildman–Crippen MR) is 72.0 cm³/mol. The van der Waals surface area contributed by atoms with E-state index in [-0.39, 0.29) is 5.91 Å². The third kappa shape index (κ3) is 2.07. The summed E-state index contributed by atoms with van der Waals surface area (Å²) in [5.74, 6) is 2.41. The zero-order valence-corrected chi connectivity index (χ0v) is 11.5. The van der Waals surface area contributed by atoms with Crippen molar-refractivity contribution in [2.24, 2.45) is 23.5 Å². The van der Waals surface area contributed by atoms with E-state index >= 15 is 0 Å². The summed E-state index contributed by atoms with van der Waals surface area (Å²) >= 11 is 0. The van der Waals surface area contributed by atoms with Crippen molar-refractivity contribution >= 4 is 5.91 Å². The van der Waals surface area contributed by atoms with Gasteiger partial charge in [0.25, 0.3) is 0 Å². The summed E-state index contributed by atoms with van der Waals surface area (Å²) in [6.45, 7) is 4.19. The van der Waals surface area contributed by atoms with Crippen molar-refractivity contribution < 1.29 is 4.79 Å². The SMILES string of the molecule is CC1CCCC(N)(C(=O)N2CC3CCCC3C2)C1. The molecule has 0 aromatic rings. The van der Waals surface area contributed by atoms with Crippen LogP contribution in [0.3, 0.4) is 0 Å². The first-order valence-electron chi connectivity index (χ1n) is 7.67. The number of fused-ring (bicyclic) bond motifs is 1. The zero-order valence-electron chi connectivity index (χ0n) is 11.5. The monoisotopic (exact) mass is 250 g/mol. The largest absolute Gasteiger partial charge is 0.341 e. The molecule has 3 rings (SSSR count). The van der Waals surface area contributed by atoms with Crippen molar-refractivity contribution in [3.05, 3.63) is 0 Å². The molecule has 1 saturated heterocycles. The molecule has 102 valence electrons. The van der Waals surface area contributed by atoms with E-state index in [1.807, 2.05) is 0 Å². The molecule has 1 heterocycles. The van der Waals surface area contributed by atoms with Gasteiger partial charge in [-0.1, -0.05) is 26.2 Å². The molecule has 2 saturated carbocycles. The molecule has 1 aliphatic heterocycles. The smallest absolute Gasteiger partial charge is 0.242 e. The minimum atomic E-state index is -0.545. The number of hydrogen-bond acceptors (Lipinski definition) is 2. The first-order valence-corrected chi connectivity index (χ1v) is 7.67. The van der Waals surface area contributed by atoms with Crippen LogP contribution in [-0.4, -0.2) is 29.4 Å². The van der Waals surface area contributed by atoms with Gasteiger partial charge in [0.15, 0.2) is 0 Å². The molecule has 2 aliphatic carbocycles. The molecule has 1 amide bonds. The van der Waals surface area contributed by atoms with Gasteiger partial charge in [0.2, 0.25) is 5.91 Å². The molecule has 0 aromatic heterocycles. The van der Waals surface area contributed by atoms with Crippen LogP contribution in [0.1, 0.15) is 51.9 Å². The van der Waals surface area contributed by atoms with Crippen molar-refractivity contribution in [3.63, 3.8) is 0 Å². The zero-order chi connectivity index (χ0) is 12.8. The lowest BCUT2D eigenvalue weighted by Gasteiger charge is -2.38. The van der Waals surface area contributed by atoms with Gasteiger partial charge in [-0.15, -0.1) is 0 Å². The summed E-state index contributed by atoms with van der Waals surface area (Å²) in [5.41, 5.74) is 5.89. The molecule has 2 N–H and O–H groups in total. The number of amides is 1. The lowest BCUT2D eigenvalue weighted by Crippen LogP contribution is -2.57. The van der Waals surface area contributed by atoms with E-state index in [0.717, 1.165) is 44.2 Å². The van der Waals surface area contributed by atoms with Gasteiger partial charge in [-0.2, -0.15) is 0 Å². The summed E-state index contributed by atoms with van der Waals surface area (Å²) in [6, 6.07) is 0. The Kier molecular flexibility index (Phi) is 3.13. The lowest BCUT2D eigenvalue weighted by molar-refractivity contribution is -0.138. The Hall–Kier alpha value is -0.570. The van der Waals surface area contributed by atoms with E-state index in [4.69, 9.17) is 5.73 Å². The number of hydrogen-bond donors (Lipinski definition) is 1. The highest BCUT2D eigenvalue weighted by Gasteiger charge is 2.45. The highest BCUT2D eigenvalue weighted by Crippen LogP contribution is 2.40. The third-order valence-electron chi connectivity index (χ3n) is 5.47. The van der Waals surface area contributed by atoms with Crippen LogP contribution in [0.4, 0.5) is 0 Å². The van der Waals surface area contributed by atoms with Crippen molar-refractivity contribution in [1.29, 1.82) is 0 Å². The second-order valence-electron chi connectivity index (χ2n) is 7.02. The Morgan fingerprint density at radius 3 is 2.44 bits per heavy atom. The summed E-state index contributed by atoms with van der Waals surface area (Å²) in [4.78, 5) is 14.8. The van der Waals surface area contributed by atoms with Gasteiger partial charge in [-0.3, -0.25) is 4.79 Å². The normalized spacial score (nSPS) is 44.1. The molecule has 18 heavy (non-hydrogen) atoms. The van der Waals surface area contributed by atoms with Crippen molar-refractivity contribution in [2.45, 2.75) is 57.4 Å². The number of nitrogens with zero attached hydrogens (tertiary/aromatic N) is 1. The molecule has 3 nitrogen and oxygen atoms in total. The summed E-state index contributed by atoms with van der Waals surface area (Å²) in [7, 11) is 0. The maximum atomic E-state index is 12.7. The number of carbonyl (C=O) groups is 1. The van der Waals surface area contributed by atoms with E-state index in [0.29, 0.717) is 5.92 Å². The first-order chi connectivity index (χ1) is 8.58. The fourth-order valence-electron chi connectivity index (χ4n) is 4.50. The van der Waals surface area contributed by atoms with Crippen LogP contribution in [0.15, 0.2) is 0 Å². The molecule has 0 spiro atoms. The average molecular weight is 250 g/mol. The van der Waals surface area contributed by atoms with Crippen LogP contribution in [0.2, 0.25) is 0 Å². The van der Waals surface area contributed by atoms with E-state index < -0.39 is 5.54 Å².